The molecule has 0 aliphatic carbocycles. The van der Waals surface area contributed by atoms with Crippen molar-refractivity contribution in [3.63, 3.8) is 0 Å². The van der Waals surface area contributed by atoms with E-state index >= 15 is 0 Å². The van der Waals surface area contributed by atoms with Gasteiger partial charge in [-0.2, -0.15) is 0 Å². The van der Waals surface area contributed by atoms with Gasteiger partial charge in [-0.1, -0.05) is 0 Å². The molecule has 0 saturated carbocycles. The van der Waals surface area contributed by atoms with Crippen LogP contribution in [0.5, 0.6) is 5.75 Å². The van der Waals surface area contributed by atoms with E-state index in [0.29, 0.717) is 22.4 Å². The Hall–Kier alpha value is -0.240. The number of esters is 1. The summed E-state index contributed by atoms with van der Waals surface area (Å²) < 4.78 is 11.3. The summed E-state index contributed by atoms with van der Waals surface area (Å²) >= 11 is 11.8. The molecule has 0 aliphatic rings. The summed E-state index contributed by atoms with van der Waals surface area (Å²) in [6.07, 6.45) is 0. The Morgan fingerprint density at radius 3 is 2.65 bits per heavy atom. The fraction of sp³-hybridized carbons (Fsp3) is 0.462. The SMILES string of the molecule is C[I-][N+](C)(C)CCOC(=O)COc1ccc(Cl)cc1Cl. The standard InChI is InChI=1S/C13H18Cl2INO3/c1-16-17(2,3)6-7-19-13(18)9-20-12-5-4-10(14)8-11(12)15/h4-5,8H,6-7,9H2,1-3H3. The molecule has 0 aromatic heterocycles. The monoisotopic (exact) mass is 433 g/mol. The third kappa shape index (κ3) is 6.47. The van der Waals surface area contributed by atoms with E-state index in [9.17, 15) is 4.79 Å². The minimum absolute atomic E-state index is 0.0610. The maximum absolute atomic E-state index is 11.6. The quantitative estimate of drug-likeness (QED) is 0.254. The van der Waals surface area contributed by atoms with Crippen LogP contribution >= 0.6 is 23.2 Å². The van der Waals surface area contributed by atoms with Crippen LogP contribution in [0.25, 0.3) is 0 Å². The number of nitrogens with zero attached hydrogens (tertiary/aromatic N) is 1. The minimum atomic E-state index is -0.398. The number of halogens is 3. The Kier molecular flexibility index (Phi) is 7.36. The molecule has 0 fully saturated rings. The molecule has 0 spiro atoms. The molecule has 0 N–H and O–H groups in total. The van der Waals surface area contributed by atoms with Crippen LogP contribution < -0.4 is 26.2 Å². The molecule has 0 saturated heterocycles. The van der Waals surface area contributed by atoms with Gasteiger partial charge in [0.1, 0.15) is 0 Å². The van der Waals surface area contributed by atoms with Crippen molar-refractivity contribution in [2.75, 3.05) is 38.8 Å². The fourth-order valence-corrected chi connectivity index (χ4v) is 2.37. The van der Waals surface area contributed by atoms with E-state index in [1.807, 2.05) is 0 Å². The number of likely N-dealkylation sites (N-methyl/N-ethyl adjacent to an activating group) is 1. The molecule has 0 atom stereocenters. The van der Waals surface area contributed by atoms with Crippen LogP contribution in [-0.2, 0) is 9.53 Å². The van der Waals surface area contributed by atoms with Crippen molar-refractivity contribution >= 4 is 29.2 Å². The van der Waals surface area contributed by atoms with Crippen molar-refractivity contribution in [3.8, 4) is 5.75 Å². The van der Waals surface area contributed by atoms with Gasteiger partial charge in [-0.3, -0.25) is 0 Å². The molecule has 4 nitrogen and oxygen atoms in total. The van der Waals surface area contributed by atoms with Crippen LogP contribution in [0.2, 0.25) is 10.0 Å². The van der Waals surface area contributed by atoms with Crippen molar-refractivity contribution in [3.05, 3.63) is 28.2 Å². The summed E-state index contributed by atoms with van der Waals surface area (Å²) in [5.41, 5.74) is 0. The topological polar surface area (TPSA) is 35.5 Å². The van der Waals surface area contributed by atoms with E-state index in [1.54, 1.807) is 18.2 Å². The molecule has 0 heterocycles. The molecule has 1 rings (SSSR count). The van der Waals surface area contributed by atoms with Crippen LogP contribution in [0.1, 0.15) is 0 Å². The Balaban J connectivity index is 2.33. The van der Waals surface area contributed by atoms with E-state index in [0.717, 1.165) is 9.24 Å². The zero-order valence-electron chi connectivity index (χ0n) is 11.7. The molecular weight excluding hydrogens is 416 g/mol. The van der Waals surface area contributed by atoms with Crippen LogP contribution in [-0.4, -0.2) is 47.5 Å². The number of benzene rings is 1. The van der Waals surface area contributed by atoms with Gasteiger partial charge in [-0.15, -0.1) is 0 Å². The van der Waals surface area contributed by atoms with Crippen LogP contribution in [0.3, 0.4) is 0 Å². The Morgan fingerprint density at radius 1 is 1.35 bits per heavy atom. The normalized spacial score (nSPS) is 11.4. The average Bonchev–Trinajstić information content (AvgIpc) is 2.37. The first-order valence-electron chi connectivity index (χ1n) is 5.92. The molecule has 20 heavy (non-hydrogen) atoms. The van der Waals surface area contributed by atoms with Gasteiger partial charge >= 0.3 is 140 Å². The van der Waals surface area contributed by atoms with Gasteiger partial charge in [0.05, 0.1) is 0 Å². The number of hydrogen-bond acceptors (Lipinski definition) is 3. The van der Waals surface area contributed by atoms with E-state index in [4.69, 9.17) is 32.7 Å². The second kappa shape index (κ2) is 8.26. The number of hydrogen-bond donors (Lipinski definition) is 0. The molecule has 7 heteroatoms. The maximum atomic E-state index is 11.6. The van der Waals surface area contributed by atoms with Gasteiger partial charge < -0.3 is 0 Å². The Morgan fingerprint density at radius 2 is 2.05 bits per heavy atom. The summed E-state index contributed by atoms with van der Waals surface area (Å²) in [6, 6.07) is 4.84. The van der Waals surface area contributed by atoms with Crippen molar-refractivity contribution in [2.24, 2.45) is 0 Å². The van der Waals surface area contributed by atoms with Gasteiger partial charge in [-0.25, -0.2) is 0 Å². The van der Waals surface area contributed by atoms with E-state index in [2.05, 4.69) is 19.0 Å². The fourth-order valence-electron chi connectivity index (χ4n) is 1.23. The number of quaternary nitrogens is 1. The third-order valence-corrected chi connectivity index (χ3v) is 6.21. The zero-order valence-corrected chi connectivity index (χ0v) is 15.3. The number of alkyl halides is 1. The van der Waals surface area contributed by atoms with Gasteiger partial charge in [0.15, 0.2) is 0 Å². The number of rotatable bonds is 7. The molecule has 0 aliphatic heterocycles. The van der Waals surface area contributed by atoms with Crippen molar-refractivity contribution in [2.45, 2.75) is 0 Å². The second-order valence-corrected chi connectivity index (χ2v) is 8.93. The molecule has 0 amide bonds. The second-order valence-electron chi connectivity index (χ2n) is 4.51. The average molecular weight is 434 g/mol. The van der Waals surface area contributed by atoms with Crippen molar-refractivity contribution in [1.82, 2.24) is 0 Å². The zero-order chi connectivity index (χ0) is 15.2. The number of ether oxygens (including phenoxy) is 2. The Bertz CT molecular complexity index is 469. The van der Waals surface area contributed by atoms with Gasteiger partial charge in [0, 0.05) is 0 Å². The molecule has 1 aromatic rings. The summed E-state index contributed by atoms with van der Waals surface area (Å²) in [5.74, 6) is 0.0221. The van der Waals surface area contributed by atoms with E-state index in [1.165, 1.54) is 0 Å². The first-order valence-corrected chi connectivity index (χ1v) is 9.80. The van der Waals surface area contributed by atoms with E-state index in [-0.39, 0.29) is 28.1 Å². The predicted octanol–water partition coefficient (Wildman–Crippen LogP) is -0.374. The van der Waals surface area contributed by atoms with Gasteiger partial charge in [0.2, 0.25) is 0 Å². The van der Waals surface area contributed by atoms with Gasteiger partial charge in [0.25, 0.3) is 0 Å². The third-order valence-electron chi connectivity index (χ3n) is 2.58. The first kappa shape index (κ1) is 17.8. The number of carbonyl (C=O) groups excluding carboxylic acids is 1. The van der Waals surface area contributed by atoms with E-state index < -0.39 is 5.97 Å². The molecular formula is C13H18Cl2INO3. The molecule has 0 bridgehead atoms. The van der Waals surface area contributed by atoms with Crippen molar-refractivity contribution < 1.29 is 38.4 Å². The van der Waals surface area contributed by atoms with Crippen LogP contribution in [0.4, 0.5) is 0 Å². The molecule has 114 valence electrons. The molecule has 0 radical (unpaired) electrons. The Labute approximate surface area is 140 Å². The van der Waals surface area contributed by atoms with Gasteiger partial charge in [-0.05, 0) is 0 Å². The molecule has 1 aromatic carbocycles. The summed E-state index contributed by atoms with van der Waals surface area (Å²) in [6.45, 7) is 1.06. The predicted molar refractivity (Wildman–Crippen MR) is 75.8 cm³/mol. The first-order chi connectivity index (χ1) is 9.34. The summed E-state index contributed by atoms with van der Waals surface area (Å²) in [7, 11) is 4.26. The van der Waals surface area contributed by atoms with Crippen LogP contribution in [0.15, 0.2) is 18.2 Å². The summed E-state index contributed by atoms with van der Waals surface area (Å²) in [4.78, 5) is 13.8. The van der Waals surface area contributed by atoms with Crippen molar-refractivity contribution in [1.29, 1.82) is 0 Å². The number of carbonyl (C=O) groups is 1. The molecule has 0 unspecified atom stereocenters. The van der Waals surface area contributed by atoms with Crippen LogP contribution in [0, 0.1) is 0 Å². The summed E-state index contributed by atoms with van der Waals surface area (Å²) in [5, 5.41) is 0.895.